The maximum absolute atomic E-state index is 15.1. The van der Waals surface area contributed by atoms with E-state index in [0.717, 1.165) is 55.2 Å². The summed E-state index contributed by atoms with van der Waals surface area (Å²) in [5.41, 5.74) is 4.65. The Morgan fingerprint density at radius 2 is 1.58 bits per heavy atom. The molecule has 188 valence electrons. The van der Waals surface area contributed by atoms with Gasteiger partial charge in [-0.25, -0.2) is 13.2 Å². The summed E-state index contributed by atoms with van der Waals surface area (Å²) < 4.78 is 44.4. The summed E-state index contributed by atoms with van der Waals surface area (Å²) in [6.45, 7) is 4.08. The number of halogens is 3. The Bertz CT molecular complexity index is 1230. The van der Waals surface area contributed by atoms with Crippen molar-refractivity contribution < 1.29 is 13.2 Å². The number of hydrogen-bond donors (Lipinski definition) is 0. The third kappa shape index (κ3) is 6.00. The van der Waals surface area contributed by atoms with E-state index in [0.29, 0.717) is 29.0 Å². The average molecular weight is 489 g/mol. The van der Waals surface area contributed by atoms with Crippen LogP contribution in [-0.4, -0.2) is 0 Å². The Kier molecular flexibility index (Phi) is 8.85. The van der Waals surface area contributed by atoms with E-state index < -0.39 is 11.6 Å². The van der Waals surface area contributed by atoms with Gasteiger partial charge in [-0.15, -0.1) is 0 Å². The average Bonchev–Trinajstić information content (AvgIpc) is 2.90. The normalized spacial score (nSPS) is 15.9. The van der Waals surface area contributed by atoms with Gasteiger partial charge in [0.15, 0.2) is 11.6 Å². The highest BCUT2D eigenvalue weighted by Gasteiger charge is 2.18. The third-order valence-electron chi connectivity index (χ3n) is 7.30. The first-order chi connectivity index (χ1) is 17.5. The standard InChI is InChI=1S/C33H35F3/c1-3-5-7-8-23-10-12-25(13-11-23)29-20-19-28(22-31(29)34)24-14-16-26(17-15-24)30-21-18-27(9-6-4-2)32(35)33(30)36/h3,5,12,14-23H,4,6-11,13H2,1-2H3/b5-3+. The first kappa shape index (κ1) is 26.0. The highest BCUT2D eigenvalue weighted by atomic mass is 19.2. The second kappa shape index (κ2) is 12.3. The molecule has 3 aromatic carbocycles. The Labute approximate surface area is 213 Å². The van der Waals surface area contributed by atoms with Crippen LogP contribution in [0, 0.1) is 23.4 Å². The summed E-state index contributed by atoms with van der Waals surface area (Å²) in [5, 5.41) is 0. The minimum atomic E-state index is -0.809. The monoisotopic (exact) mass is 488 g/mol. The molecule has 0 aromatic heterocycles. The van der Waals surface area contributed by atoms with Crippen molar-refractivity contribution in [3.63, 3.8) is 0 Å². The Hall–Kier alpha value is -3.07. The zero-order chi connectivity index (χ0) is 25.5. The number of benzene rings is 3. The number of rotatable bonds is 9. The molecule has 0 saturated heterocycles. The van der Waals surface area contributed by atoms with Gasteiger partial charge in [0.05, 0.1) is 0 Å². The molecular formula is C33H35F3. The summed E-state index contributed by atoms with van der Waals surface area (Å²) in [7, 11) is 0. The van der Waals surface area contributed by atoms with E-state index in [9.17, 15) is 8.78 Å². The van der Waals surface area contributed by atoms with Crippen molar-refractivity contribution in [1.82, 2.24) is 0 Å². The van der Waals surface area contributed by atoms with Crippen LogP contribution in [0.3, 0.4) is 0 Å². The van der Waals surface area contributed by atoms with Crippen molar-refractivity contribution in [2.75, 3.05) is 0 Å². The molecule has 1 unspecified atom stereocenters. The molecule has 1 atom stereocenters. The van der Waals surface area contributed by atoms with Crippen LogP contribution in [-0.2, 0) is 6.42 Å². The molecule has 0 bridgehead atoms. The molecular weight excluding hydrogens is 453 g/mol. The third-order valence-corrected chi connectivity index (χ3v) is 7.30. The number of aryl methyl sites for hydroxylation is 1. The van der Waals surface area contributed by atoms with Crippen LogP contribution in [0.2, 0.25) is 0 Å². The topological polar surface area (TPSA) is 0 Å². The van der Waals surface area contributed by atoms with Crippen LogP contribution in [0.5, 0.6) is 0 Å². The Morgan fingerprint density at radius 3 is 2.25 bits per heavy atom. The molecule has 3 heteroatoms. The van der Waals surface area contributed by atoms with Gasteiger partial charge in [0, 0.05) is 11.1 Å². The van der Waals surface area contributed by atoms with Crippen LogP contribution < -0.4 is 0 Å². The molecule has 36 heavy (non-hydrogen) atoms. The first-order valence-corrected chi connectivity index (χ1v) is 13.2. The molecule has 0 fully saturated rings. The second-order valence-corrected chi connectivity index (χ2v) is 9.79. The quantitative estimate of drug-likeness (QED) is 0.263. The van der Waals surface area contributed by atoms with Gasteiger partial charge in [0.1, 0.15) is 5.82 Å². The van der Waals surface area contributed by atoms with Gasteiger partial charge in [0.2, 0.25) is 0 Å². The van der Waals surface area contributed by atoms with Gasteiger partial charge in [-0.3, -0.25) is 0 Å². The van der Waals surface area contributed by atoms with E-state index in [1.54, 1.807) is 30.3 Å². The lowest BCUT2D eigenvalue weighted by molar-refractivity contribution is 0.453. The van der Waals surface area contributed by atoms with Crippen molar-refractivity contribution in [3.8, 4) is 22.3 Å². The maximum Gasteiger partial charge on any atom is 0.166 e. The molecule has 0 saturated carbocycles. The summed E-state index contributed by atoms with van der Waals surface area (Å²) in [5.74, 6) is -1.11. The van der Waals surface area contributed by atoms with Crippen molar-refractivity contribution in [3.05, 3.63) is 101 Å². The van der Waals surface area contributed by atoms with Gasteiger partial charge < -0.3 is 0 Å². The van der Waals surface area contributed by atoms with Gasteiger partial charge in [-0.2, -0.15) is 0 Å². The zero-order valence-electron chi connectivity index (χ0n) is 21.3. The minimum absolute atomic E-state index is 0.217. The molecule has 4 rings (SSSR count). The largest absolute Gasteiger partial charge is 0.206 e. The van der Waals surface area contributed by atoms with Crippen LogP contribution in [0.4, 0.5) is 13.2 Å². The molecule has 0 N–H and O–H groups in total. The van der Waals surface area contributed by atoms with E-state index in [-0.39, 0.29) is 11.4 Å². The summed E-state index contributed by atoms with van der Waals surface area (Å²) in [6, 6.07) is 15.9. The maximum atomic E-state index is 15.1. The van der Waals surface area contributed by atoms with E-state index in [2.05, 4.69) is 18.2 Å². The van der Waals surface area contributed by atoms with Crippen LogP contribution in [0.1, 0.15) is 69.9 Å². The lowest BCUT2D eigenvalue weighted by Crippen LogP contribution is -2.06. The Morgan fingerprint density at radius 1 is 0.861 bits per heavy atom. The highest BCUT2D eigenvalue weighted by molar-refractivity contribution is 5.74. The molecule has 0 radical (unpaired) electrons. The van der Waals surface area contributed by atoms with Gasteiger partial charge in [-0.05, 0) is 91.7 Å². The van der Waals surface area contributed by atoms with Gasteiger partial charge >= 0.3 is 0 Å². The summed E-state index contributed by atoms with van der Waals surface area (Å²) in [6.07, 6.45) is 14.1. The fraction of sp³-hybridized carbons (Fsp3) is 0.333. The molecule has 0 aliphatic heterocycles. The zero-order valence-corrected chi connectivity index (χ0v) is 21.3. The smallest absolute Gasteiger partial charge is 0.166 e. The summed E-state index contributed by atoms with van der Waals surface area (Å²) >= 11 is 0. The highest BCUT2D eigenvalue weighted by Crippen LogP contribution is 2.35. The van der Waals surface area contributed by atoms with Gasteiger partial charge in [-0.1, -0.05) is 80.1 Å². The van der Waals surface area contributed by atoms with Gasteiger partial charge in [0.25, 0.3) is 0 Å². The fourth-order valence-corrected chi connectivity index (χ4v) is 5.06. The molecule has 0 spiro atoms. The number of hydrogen-bond acceptors (Lipinski definition) is 0. The van der Waals surface area contributed by atoms with Crippen molar-refractivity contribution in [2.24, 2.45) is 5.92 Å². The lowest BCUT2D eigenvalue weighted by atomic mass is 9.84. The summed E-state index contributed by atoms with van der Waals surface area (Å²) in [4.78, 5) is 0. The second-order valence-electron chi connectivity index (χ2n) is 9.79. The van der Waals surface area contributed by atoms with Crippen molar-refractivity contribution >= 4 is 5.57 Å². The predicted molar refractivity (Wildman–Crippen MR) is 145 cm³/mol. The van der Waals surface area contributed by atoms with Crippen molar-refractivity contribution in [1.29, 1.82) is 0 Å². The molecule has 1 aliphatic carbocycles. The van der Waals surface area contributed by atoms with Crippen LogP contribution >= 0.6 is 0 Å². The van der Waals surface area contributed by atoms with Crippen molar-refractivity contribution in [2.45, 2.75) is 65.2 Å². The van der Waals surface area contributed by atoms with E-state index >= 15 is 4.39 Å². The number of allylic oxidation sites excluding steroid dienone is 4. The van der Waals surface area contributed by atoms with Crippen LogP contribution in [0.15, 0.2) is 72.8 Å². The van der Waals surface area contributed by atoms with E-state index in [1.807, 2.05) is 38.1 Å². The fourth-order valence-electron chi connectivity index (χ4n) is 5.06. The Balaban J connectivity index is 1.48. The molecule has 0 amide bonds. The molecule has 0 nitrogen and oxygen atoms in total. The number of unbranched alkanes of at least 4 members (excludes halogenated alkanes) is 1. The minimum Gasteiger partial charge on any atom is -0.206 e. The van der Waals surface area contributed by atoms with E-state index in [4.69, 9.17) is 0 Å². The molecule has 0 heterocycles. The molecule has 3 aromatic rings. The first-order valence-electron chi connectivity index (χ1n) is 13.2. The SMILES string of the molecule is C/C=C/CCC1CC=C(c2ccc(-c3ccc(-c4ccc(CCCC)c(F)c4F)cc3)cc2F)CC1. The predicted octanol–water partition coefficient (Wildman–Crippen LogP) is 10.3. The van der Waals surface area contributed by atoms with E-state index in [1.165, 1.54) is 6.42 Å². The van der Waals surface area contributed by atoms with Crippen LogP contribution in [0.25, 0.3) is 27.8 Å². The molecule has 1 aliphatic rings. The lowest BCUT2D eigenvalue weighted by Gasteiger charge is -2.22.